The Labute approximate surface area is 79.8 Å². The van der Waals surface area contributed by atoms with E-state index in [-0.39, 0.29) is 24.8 Å². The highest BCUT2D eigenvalue weighted by molar-refractivity contribution is 5.85. The summed E-state index contributed by atoms with van der Waals surface area (Å²) >= 11 is 0. The van der Waals surface area contributed by atoms with Gasteiger partial charge in [0.15, 0.2) is 0 Å². The van der Waals surface area contributed by atoms with Gasteiger partial charge in [0.05, 0.1) is 0 Å². The maximum atomic E-state index is 5.53. The van der Waals surface area contributed by atoms with Gasteiger partial charge in [0.25, 0.3) is 0 Å². The molecule has 1 nitrogen and oxygen atoms in total. The van der Waals surface area contributed by atoms with Crippen LogP contribution in [0.1, 0.15) is 12.5 Å². The first kappa shape index (κ1) is 13.2. The van der Waals surface area contributed by atoms with Gasteiger partial charge in [-0.3, -0.25) is 0 Å². The van der Waals surface area contributed by atoms with Crippen molar-refractivity contribution in [2.45, 2.75) is 13.3 Å². The third kappa shape index (κ3) is 4.12. The van der Waals surface area contributed by atoms with Crippen molar-refractivity contribution in [1.82, 2.24) is 0 Å². The Morgan fingerprint density at radius 3 is 2.27 bits per heavy atom. The number of hydrogen-bond acceptors (Lipinski definition) is 1. The van der Waals surface area contributed by atoms with E-state index in [4.69, 9.17) is 5.73 Å². The average molecular weight is 194 g/mol. The molecule has 0 aliphatic heterocycles. The lowest BCUT2D eigenvalue weighted by Crippen LogP contribution is -1.85. The Kier molecular flexibility index (Phi) is 7.59. The Morgan fingerprint density at radius 2 is 1.91 bits per heavy atom. The van der Waals surface area contributed by atoms with E-state index in [1.165, 1.54) is 5.56 Å². The van der Waals surface area contributed by atoms with Crippen molar-refractivity contribution < 1.29 is 0 Å². The minimum atomic E-state index is 0. The Morgan fingerprint density at radius 1 is 1.27 bits per heavy atom. The maximum Gasteiger partial charge on any atom is 0.0316 e. The van der Waals surface area contributed by atoms with Crippen molar-refractivity contribution in [3.8, 4) is 0 Å². The zero-order valence-corrected chi connectivity index (χ0v) is 8.04. The second kappa shape index (κ2) is 6.32. The van der Waals surface area contributed by atoms with E-state index in [1.807, 2.05) is 18.2 Å². The lowest BCUT2D eigenvalue weighted by molar-refractivity contribution is 1.14. The van der Waals surface area contributed by atoms with Crippen molar-refractivity contribution in [2.75, 3.05) is 5.73 Å². The molecule has 2 N–H and O–H groups in total. The van der Waals surface area contributed by atoms with Crippen molar-refractivity contribution >= 4 is 30.5 Å². The third-order valence-corrected chi connectivity index (χ3v) is 1.36. The summed E-state index contributed by atoms with van der Waals surface area (Å²) in [4.78, 5) is 0. The normalized spacial score (nSPS) is 7.73. The number of aryl methyl sites for hydroxylation is 1. The van der Waals surface area contributed by atoms with Crippen molar-refractivity contribution in [2.24, 2.45) is 0 Å². The minimum Gasteiger partial charge on any atom is -0.399 e. The maximum absolute atomic E-state index is 5.53. The molecule has 1 aromatic carbocycles. The third-order valence-electron chi connectivity index (χ3n) is 1.36. The summed E-state index contributed by atoms with van der Waals surface area (Å²) in [5, 5.41) is 0. The summed E-state index contributed by atoms with van der Waals surface area (Å²) in [5.41, 5.74) is 7.69. The largest absolute Gasteiger partial charge is 0.399 e. The molecule has 0 saturated heterocycles. The summed E-state index contributed by atoms with van der Waals surface area (Å²) in [6, 6.07) is 7.96. The van der Waals surface area contributed by atoms with Gasteiger partial charge >= 0.3 is 0 Å². The zero-order chi connectivity index (χ0) is 6.69. The van der Waals surface area contributed by atoms with Crippen LogP contribution < -0.4 is 5.73 Å². The molecule has 1 aromatic rings. The van der Waals surface area contributed by atoms with Gasteiger partial charge in [-0.15, -0.1) is 24.8 Å². The fourth-order valence-corrected chi connectivity index (χ4v) is 0.813. The van der Waals surface area contributed by atoms with Gasteiger partial charge in [-0.2, -0.15) is 0 Å². The van der Waals surface area contributed by atoms with Crippen LogP contribution >= 0.6 is 24.8 Å². The molecule has 3 heteroatoms. The van der Waals surface area contributed by atoms with Crippen molar-refractivity contribution in [3.63, 3.8) is 0 Å². The Bertz CT molecular complexity index is 201. The summed E-state index contributed by atoms with van der Waals surface area (Å²) in [5.74, 6) is 0. The number of anilines is 1. The van der Waals surface area contributed by atoms with Crippen LogP contribution in [0.2, 0.25) is 0 Å². The van der Waals surface area contributed by atoms with Gasteiger partial charge in [0.2, 0.25) is 0 Å². The summed E-state index contributed by atoms with van der Waals surface area (Å²) in [7, 11) is 0. The van der Waals surface area contributed by atoms with E-state index in [1.54, 1.807) is 0 Å². The molecule has 0 aliphatic rings. The first-order valence-corrected chi connectivity index (χ1v) is 3.17. The van der Waals surface area contributed by atoms with Gasteiger partial charge < -0.3 is 5.73 Å². The van der Waals surface area contributed by atoms with E-state index in [2.05, 4.69) is 13.0 Å². The number of benzene rings is 1. The molecular formula is C8H13Cl2N. The molecule has 0 heterocycles. The number of halogens is 2. The second-order valence-electron chi connectivity index (χ2n) is 2.10. The van der Waals surface area contributed by atoms with Gasteiger partial charge in [-0.25, -0.2) is 0 Å². The van der Waals surface area contributed by atoms with Crippen LogP contribution in [0.3, 0.4) is 0 Å². The van der Waals surface area contributed by atoms with Crippen molar-refractivity contribution in [3.05, 3.63) is 29.8 Å². The summed E-state index contributed by atoms with van der Waals surface area (Å²) < 4.78 is 0. The lowest BCUT2D eigenvalue weighted by Gasteiger charge is -1.95. The minimum absolute atomic E-state index is 0. The van der Waals surface area contributed by atoms with Gasteiger partial charge in [-0.1, -0.05) is 19.1 Å². The van der Waals surface area contributed by atoms with E-state index < -0.39 is 0 Å². The fraction of sp³-hybridized carbons (Fsp3) is 0.250. The SMILES string of the molecule is CCc1cccc(N)c1.Cl.Cl. The van der Waals surface area contributed by atoms with Gasteiger partial charge in [0, 0.05) is 5.69 Å². The van der Waals surface area contributed by atoms with Crippen molar-refractivity contribution in [1.29, 1.82) is 0 Å². The molecule has 0 bridgehead atoms. The monoisotopic (exact) mass is 193 g/mol. The molecule has 64 valence electrons. The summed E-state index contributed by atoms with van der Waals surface area (Å²) in [6.07, 6.45) is 1.06. The molecular weight excluding hydrogens is 181 g/mol. The Hall–Kier alpha value is -0.400. The van der Waals surface area contributed by atoms with Crippen LogP contribution in [0.25, 0.3) is 0 Å². The second-order valence-corrected chi connectivity index (χ2v) is 2.10. The summed E-state index contributed by atoms with van der Waals surface area (Å²) in [6.45, 7) is 2.12. The lowest BCUT2D eigenvalue weighted by atomic mass is 10.1. The highest BCUT2D eigenvalue weighted by Gasteiger charge is 1.86. The quantitative estimate of drug-likeness (QED) is 0.683. The van der Waals surface area contributed by atoms with Crippen LogP contribution in [-0.4, -0.2) is 0 Å². The molecule has 0 fully saturated rings. The number of hydrogen-bond donors (Lipinski definition) is 1. The molecule has 0 atom stereocenters. The van der Waals surface area contributed by atoms with Gasteiger partial charge in [-0.05, 0) is 24.1 Å². The van der Waals surface area contributed by atoms with E-state index in [9.17, 15) is 0 Å². The molecule has 0 spiro atoms. The van der Waals surface area contributed by atoms with Crippen LogP contribution in [-0.2, 0) is 6.42 Å². The zero-order valence-electron chi connectivity index (χ0n) is 6.41. The van der Waals surface area contributed by atoms with Crippen LogP contribution in [0.15, 0.2) is 24.3 Å². The number of nitrogens with two attached hydrogens (primary N) is 1. The standard InChI is InChI=1S/C8H11N.2ClH/c1-2-7-4-3-5-8(9)6-7;;/h3-6H,2,9H2,1H3;2*1H. The van der Waals surface area contributed by atoms with E-state index in [0.717, 1.165) is 12.1 Å². The first-order chi connectivity index (χ1) is 4.33. The molecule has 0 radical (unpaired) electrons. The predicted octanol–water partition coefficient (Wildman–Crippen LogP) is 2.67. The van der Waals surface area contributed by atoms with Crippen LogP contribution in [0.5, 0.6) is 0 Å². The first-order valence-electron chi connectivity index (χ1n) is 3.17. The predicted molar refractivity (Wildman–Crippen MR) is 54.7 cm³/mol. The highest BCUT2D eigenvalue weighted by atomic mass is 35.5. The molecule has 0 amide bonds. The molecule has 0 aromatic heterocycles. The molecule has 0 unspecified atom stereocenters. The van der Waals surface area contributed by atoms with E-state index >= 15 is 0 Å². The highest BCUT2D eigenvalue weighted by Crippen LogP contribution is 2.05. The topological polar surface area (TPSA) is 26.0 Å². The van der Waals surface area contributed by atoms with Gasteiger partial charge in [0.1, 0.15) is 0 Å². The molecule has 11 heavy (non-hydrogen) atoms. The number of nitrogen functional groups attached to an aromatic ring is 1. The molecule has 1 rings (SSSR count). The smallest absolute Gasteiger partial charge is 0.0316 e. The van der Waals surface area contributed by atoms with E-state index in [0.29, 0.717) is 0 Å². The molecule has 0 aliphatic carbocycles. The van der Waals surface area contributed by atoms with Crippen LogP contribution in [0.4, 0.5) is 5.69 Å². The van der Waals surface area contributed by atoms with Crippen LogP contribution in [0, 0.1) is 0 Å². The Balaban J connectivity index is 0. The number of rotatable bonds is 1. The average Bonchev–Trinajstić information content (AvgIpc) is 1.88. The molecule has 0 saturated carbocycles. The fourth-order valence-electron chi connectivity index (χ4n) is 0.813.